The lowest BCUT2D eigenvalue weighted by Crippen LogP contribution is -2.57. The van der Waals surface area contributed by atoms with Gasteiger partial charge >= 0.3 is 0 Å². The molecule has 4 atom stereocenters. The van der Waals surface area contributed by atoms with Crippen LogP contribution in [-0.2, 0) is 25.1 Å². The molecular weight excluding hydrogens is 591 g/mol. The maximum atomic E-state index is 13.9. The normalized spacial score (nSPS) is 20.2. The summed E-state index contributed by atoms with van der Waals surface area (Å²) in [4.78, 5) is 28.5. The van der Waals surface area contributed by atoms with Crippen molar-refractivity contribution in [3.8, 4) is 0 Å². The first kappa shape index (κ1) is 32.2. The van der Waals surface area contributed by atoms with Gasteiger partial charge < -0.3 is 15.0 Å². The molecule has 3 aromatic carbocycles. The van der Waals surface area contributed by atoms with E-state index in [9.17, 15) is 13.8 Å². The number of nitrogens with one attached hydrogen (secondary N) is 1. The number of para-hydroxylation sites is 1. The molecular formula is C33H38Cl2N2O4S. The van der Waals surface area contributed by atoms with Gasteiger partial charge in [-0.15, -0.1) is 0 Å². The number of benzene rings is 3. The fourth-order valence-electron chi connectivity index (χ4n) is 4.81. The summed E-state index contributed by atoms with van der Waals surface area (Å²) in [5.74, 6) is 0.215. The molecule has 2 fully saturated rings. The number of ether oxygens (including phenoxy) is 1. The Morgan fingerprint density at radius 2 is 1.52 bits per heavy atom. The van der Waals surface area contributed by atoms with Crippen LogP contribution in [0.2, 0.25) is 10.0 Å². The van der Waals surface area contributed by atoms with E-state index in [1.165, 1.54) is 0 Å². The molecule has 1 heterocycles. The highest BCUT2D eigenvalue weighted by atomic mass is 35.5. The molecule has 1 N–H and O–H groups in total. The predicted molar refractivity (Wildman–Crippen MR) is 171 cm³/mol. The van der Waals surface area contributed by atoms with Crippen LogP contribution in [0.25, 0.3) is 0 Å². The van der Waals surface area contributed by atoms with Gasteiger partial charge in [-0.25, -0.2) is 0 Å². The molecule has 1 aliphatic carbocycles. The van der Waals surface area contributed by atoms with Crippen molar-refractivity contribution in [2.75, 3.05) is 17.7 Å². The zero-order chi connectivity index (χ0) is 30.3. The largest absolute Gasteiger partial charge is 0.365 e. The van der Waals surface area contributed by atoms with E-state index in [1.807, 2.05) is 86.3 Å². The zero-order valence-corrected chi connectivity index (χ0v) is 26.5. The number of carbonyl (C=O) groups is 2. The molecule has 2 amide bonds. The maximum absolute atomic E-state index is 13.9. The van der Waals surface area contributed by atoms with E-state index in [0.717, 1.165) is 23.4 Å². The summed E-state index contributed by atoms with van der Waals surface area (Å²) in [7, 11) is -1.12. The molecule has 1 saturated heterocycles. The molecule has 9 heteroatoms. The number of carbonyl (C=O) groups excluding carboxylic acids is 2. The second-order valence-corrected chi connectivity index (χ2v) is 14.7. The van der Waals surface area contributed by atoms with Gasteiger partial charge in [-0.1, -0.05) is 71.7 Å². The third-order valence-corrected chi connectivity index (χ3v) is 9.78. The van der Waals surface area contributed by atoms with E-state index in [2.05, 4.69) is 5.32 Å². The summed E-state index contributed by atoms with van der Waals surface area (Å²) in [5, 5.41) is 4.25. The lowest BCUT2D eigenvalue weighted by atomic mass is 9.98. The minimum atomic E-state index is -1.12. The van der Waals surface area contributed by atoms with Crippen molar-refractivity contribution in [3.63, 3.8) is 0 Å². The standard InChI is InChI=1S/C27H33ClN2O4S.C6H5Cl/c1-27(2,3)35(33)17-23(19-9-10-19)30-22(18-11-13-20(28)14-12-18)16-34-24(26(30)32)15-25(31)29-21-7-5-4-6-8-21;7-6-4-2-1-3-5-6/h4-8,11-14,19,22-24H,9-10,15-17H2,1-3H3,(H,29,31);1-5H/t22?,23?,24-,35?;/m0./s1. The van der Waals surface area contributed by atoms with Gasteiger partial charge in [0.15, 0.2) is 0 Å². The minimum absolute atomic E-state index is 0.0721. The number of halogens is 2. The molecule has 1 saturated carbocycles. The van der Waals surface area contributed by atoms with Gasteiger partial charge in [-0.3, -0.25) is 13.8 Å². The number of nitrogens with zero attached hydrogens (tertiary/aromatic N) is 1. The predicted octanol–water partition coefficient (Wildman–Crippen LogP) is 7.30. The Bertz CT molecular complexity index is 1350. The highest BCUT2D eigenvalue weighted by Crippen LogP contribution is 2.42. The molecule has 0 aromatic heterocycles. The molecule has 224 valence electrons. The van der Waals surface area contributed by atoms with Crippen molar-refractivity contribution >= 4 is 51.5 Å². The summed E-state index contributed by atoms with van der Waals surface area (Å²) in [6, 6.07) is 25.5. The van der Waals surface area contributed by atoms with Crippen LogP contribution in [0, 0.1) is 5.92 Å². The van der Waals surface area contributed by atoms with Crippen LogP contribution >= 0.6 is 23.2 Å². The first-order valence-corrected chi connectivity index (χ1v) is 16.2. The Balaban J connectivity index is 0.000000507. The van der Waals surface area contributed by atoms with Crippen LogP contribution in [0.5, 0.6) is 0 Å². The zero-order valence-electron chi connectivity index (χ0n) is 24.2. The maximum Gasteiger partial charge on any atom is 0.253 e. The van der Waals surface area contributed by atoms with Crippen molar-refractivity contribution in [3.05, 3.63) is 101 Å². The molecule has 3 unspecified atom stereocenters. The second-order valence-electron chi connectivity index (χ2n) is 11.6. The summed E-state index contributed by atoms with van der Waals surface area (Å²) >= 11 is 11.6. The Hall–Kier alpha value is -2.71. The van der Waals surface area contributed by atoms with E-state index in [0.29, 0.717) is 22.4 Å². The van der Waals surface area contributed by atoms with Gasteiger partial charge in [-0.2, -0.15) is 0 Å². The summed E-state index contributed by atoms with van der Waals surface area (Å²) in [6.45, 7) is 6.15. The molecule has 0 bridgehead atoms. The van der Waals surface area contributed by atoms with Gasteiger partial charge in [0.25, 0.3) is 5.91 Å². The van der Waals surface area contributed by atoms with Crippen LogP contribution in [-0.4, -0.2) is 50.2 Å². The van der Waals surface area contributed by atoms with Crippen LogP contribution in [0.15, 0.2) is 84.9 Å². The van der Waals surface area contributed by atoms with E-state index in [1.54, 1.807) is 24.3 Å². The SMILES string of the molecule is CC(C)(C)S(=O)CC(C1CC1)N1C(=O)[C@H](CC(=O)Nc2ccccc2)OCC1c1ccc(Cl)cc1.Clc1ccccc1. The van der Waals surface area contributed by atoms with Crippen LogP contribution < -0.4 is 5.32 Å². The lowest BCUT2D eigenvalue weighted by molar-refractivity contribution is -0.166. The smallest absolute Gasteiger partial charge is 0.253 e. The number of morpholine rings is 1. The third-order valence-electron chi connectivity index (χ3n) is 7.27. The van der Waals surface area contributed by atoms with Crippen molar-refractivity contribution < 1.29 is 18.5 Å². The fraction of sp³-hybridized carbons (Fsp3) is 0.394. The Kier molecular flexibility index (Phi) is 11.2. The first-order valence-electron chi connectivity index (χ1n) is 14.2. The van der Waals surface area contributed by atoms with E-state index in [4.69, 9.17) is 27.9 Å². The van der Waals surface area contributed by atoms with Gasteiger partial charge in [0, 0.05) is 43.1 Å². The Morgan fingerprint density at radius 3 is 2.05 bits per heavy atom. The second kappa shape index (κ2) is 14.6. The van der Waals surface area contributed by atoms with Crippen LogP contribution in [0.3, 0.4) is 0 Å². The van der Waals surface area contributed by atoms with Gasteiger partial charge in [0.2, 0.25) is 5.91 Å². The number of rotatable bonds is 8. The minimum Gasteiger partial charge on any atom is -0.365 e. The van der Waals surface area contributed by atoms with Gasteiger partial charge in [0.05, 0.1) is 19.1 Å². The molecule has 6 nitrogen and oxygen atoms in total. The van der Waals surface area contributed by atoms with E-state index >= 15 is 0 Å². The third kappa shape index (κ3) is 9.14. The number of anilines is 1. The Labute approximate surface area is 261 Å². The fourth-order valence-corrected chi connectivity index (χ4v) is 6.32. The molecule has 0 spiro atoms. The highest BCUT2D eigenvalue weighted by molar-refractivity contribution is 7.86. The molecule has 42 heavy (non-hydrogen) atoms. The lowest BCUT2D eigenvalue weighted by Gasteiger charge is -2.44. The monoisotopic (exact) mass is 628 g/mol. The van der Waals surface area contributed by atoms with E-state index in [-0.39, 0.29) is 41.7 Å². The quantitative estimate of drug-likeness (QED) is 0.284. The number of hydrogen-bond acceptors (Lipinski definition) is 4. The van der Waals surface area contributed by atoms with Crippen LogP contribution in [0.1, 0.15) is 51.6 Å². The molecule has 5 rings (SSSR count). The Morgan fingerprint density at radius 1 is 0.952 bits per heavy atom. The summed E-state index contributed by atoms with van der Waals surface area (Å²) in [5.41, 5.74) is 1.59. The first-order chi connectivity index (χ1) is 20.0. The molecule has 2 aliphatic rings. The van der Waals surface area contributed by atoms with Crippen molar-refractivity contribution in [2.45, 2.75) is 63.0 Å². The van der Waals surface area contributed by atoms with Crippen LogP contribution in [0.4, 0.5) is 5.69 Å². The molecule has 1 aliphatic heterocycles. The molecule has 3 aromatic rings. The van der Waals surface area contributed by atoms with Crippen molar-refractivity contribution in [2.24, 2.45) is 5.92 Å². The van der Waals surface area contributed by atoms with Gasteiger partial charge in [0.1, 0.15) is 6.10 Å². The van der Waals surface area contributed by atoms with Crippen molar-refractivity contribution in [1.82, 2.24) is 4.90 Å². The molecule has 0 radical (unpaired) electrons. The number of hydrogen-bond donors (Lipinski definition) is 1. The summed E-state index contributed by atoms with van der Waals surface area (Å²) < 4.78 is 18.8. The number of amides is 2. The topological polar surface area (TPSA) is 75.7 Å². The highest BCUT2D eigenvalue weighted by Gasteiger charge is 2.47. The van der Waals surface area contributed by atoms with Crippen molar-refractivity contribution in [1.29, 1.82) is 0 Å². The van der Waals surface area contributed by atoms with Gasteiger partial charge in [-0.05, 0) is 81.5 Å². The van der Waals surface area contributed by atoms with E-state index < -0.39 is 16.9 Å². The average molecular weight is 630 g/mol. The summed E-state index contributed by atoms with van der Waals surface area (Å²) in [6.07, 6.45) is 1.05. The average Bonchev–Trinajstić information content (AvgIpc) is 3.80.